The molecule has 6 nitrogen and oxygen atoms in total. The van der Waals surface area contributed by atoms with E-state index < -0.39 is 11.9 Å². The van der Waals surface area contributed by atoms with E-state index in [1.54, 1.807) is 19.9 Å². The number of benzene rings is 1. The minimum atomic E-state index is -0.513. The first-order valence-electron chi connectivity index (χ1n) is 7.11. The number of hydrogen-bond acceptors (Lipinski definition) is 5. The van der Waals surface area contributed by atoms with E-state index in [2.05, 4.69) is 5.10 Å². The predicted molar refractivity (Wildman–Crippen MR) is 80.3 cm³/mol. The third kappa shape index (κ3) is 3.72. The second kappa shape index (κ2) is 7.40. The molecule has 0 unspecified atom stereocenters. The Bertz CT molecular complexity index is 649. The van der Waals surface area contributed by atoms with Crippen molar-refractivity contribution in [1.29, 1.82) is 0 Å². The Morgan fingerprint density at radius 2 is 1.77 bits per heavy atom. The molecule has 2 aromatic rings. The fourth-order valence-corrected chi connectivity index (χ4v) is 1.99. The van der Waals surface area contributed by atoms with E-state index in [4.69, 9.17) is 9.47 Å². The Morgan fingerprint density at radius 3 is 2.41 bits per heavy atom. The van der Waals surface area contributed by atoms with Gasteiger partial charge in [0, 0.05) is 5.56 Å². The van der Waals surface area contributed by atoms with Crippen molar-refractivity contribution in [3.05, 3.63) is 42.1 Å². The molecule has 0 N–H and O–H groups in total. The predicted octanol–water partition coefficient (Wildman–Crippen LogP) is 2.29. The molecule has 0 fully saturated rings. The number of carbonyl (C=O) groups is 2. The minimum absolute atomic E-state index is 0.130. The number of ether oxygens (including phenoxy) is 2. The SMILES string of the molecule is CCOC(=O)Cn1nc(-c2ccccc2)cc1C(=O)OCC. The second-order valence-electron chi connectivity index (χ2n) is 4.46. The van der Waals surface area contributed by atoms with Crippen molar-refractivity contribution in [2.75, 3.05) is 13.2 Å². The van der Waals surface area contributed by atoms with E-state index in [9.17, 15) is 9.59 Å². The van der Waals surface area contributed by atoms with E-state index in [-0.39, 0.29) is 25.5 Å². The minimum Gasteiger partial charge on any atom is -0.465 e. The van der Waals surface area contributed by atoms with Crippen molar-refractivity contribution in [1.82, 2.24) is 9.78 Å². The number of rotatable bonds is 6. The lowest BCUT2D eigenvalue weighted by molar-refractivity contribution is -0.144. The molecule has 0 bridgehead atoms. The van der Waals surface area contributed by atoms with E-state index in [0.29, 0.717) is 5.69 Å². The highest BCUT2D eigenvalue weighted by Crippen LogP contribution is 2.19. The second-order valence-corrected chi connectivity index (χ2v) is 4.46. The van der Waals surface area contributed by atoms with Gasteiger partial charge in [-0.1, -0.05) is 30.3 Å². The Kier molecular flexibility index (Phi) is 5.30. The van der Waals surface area contributed by atoms with Gasteiger partial charge in [-0.3, -0.25) is 4.79 Å². The van der Waals surface area contributed by atoms with E-state index in [1.165, 1.54) is 4.68 Å². The highest BCUT2D eigenvalue weighted by atomic mass is 16.5. The van der Waals surface area contributed by atoms with Gasteiger partial charge in [0.05, 0.1) is 18.9 Å². The molecule has 0 saturated heterocycles. The average Bonchev–Trinajstić information content (AvgIpc) is 2.92. The third-order valence-corrected chi connectivity index (χ3v) is 2.92. The molecule has 22 heavy (non-hydrogen) atoms. The maximum absolute atomic E-state index is 12.0. The van der Waals surface area contributed by atoms with E-state index in [0.717, 1.165) is 5.56 Å². The number of esters is 2. The largest absolute Gasteiger partial charge is 0.465 e. The summed E-state index contributed by atoms with van der Waals surface area (Å²) < 4.78 is 11.2. The summed E-state index contributed by atoms with van der Waals surface area (Å²) in [5.41, 5.74) is 1.69. The summed E-state index contributed by atoms with van der Waals surface area (Å²) in [5.74, 6) is -0.961. The van der Waals surface area contributed by atoms with Crippen molar-refractivity contribution in [3.63, 3.8) is 0 Å². The van der Waals surface area contributed by atoms with Gasteiger partial charge in [-0.15, -0.1) is 0 Å². The standard InChI is InChI=1S/C16H18N2O4/c1-3-21-15(19)11-18-14(16(20)22-4-2)10-13(17-18)12-8-6-5-7-9-12/h5-10H,3-4,11H2,1-2H3. The molecule has 2 rings (SSSR count). The summed E-state index contributed by atoms with van der Waals surface area (Å²) in [6, 6.07) is 11.0. The van der Waals surface area contributed by atoms with Crippen LogP contribution in [-0.2, 0) is 20.8 Å². The normalized spacial score (nSPS) is 10.3. The zero-order valence-corrected chi connectivity index (χ0v) is 12.6. The van der Waals surface area contributed by atoms with Crippen LogP contribution in [-0.4, -0.2) is 34.9 Å². The van der Waals surface area contributed by atoms with Crippen LogP contribution in [0.1, 0.15) is 24.3 Å². The average molecular weight is 302 g/mol. The summed E-state index contributed by atoms with van der Waals surface area (Å²) in [5, 5.41) is 4.32. The lowest BCUT2D eigenvalue weighted by Crippen LogP contribution is -2.19. The van der Waals surface area contributed by atoms with Crippen LogP contribution in [0.4, 0.5) is 0 Å². The molecular weight excluding hydrogens is 284 g/mol. The highest BCUT2D eigenvalue weighted by molar-refractivity contribution is 5.89. The van der Waals surface area contributed by atoms with Crippen molar-refractivity contribution < 1.29 is 19.1 Å². The maximum atomic E-state index is 12.0. The number of hydrogen-bond donors (Lipinski definition) is 0. The smallest absolute Gasteiger partial charge is 0.356 e. The van der Waals surface area contributed by atoms with Gasteiger partial charge in [0.15, 0.2) is 0 Å². The van der Waals surface area contributed by atoms with E-state index in [1.807, 2.05) is 30.3 Å². The van der Waals surface area contributed by atoms with Crippen LogP contribution < -0.4 is 0 Å². The lowest BCUT2D eigenvalue weighted by atomic mass is 10.1. The quantitative estimate of drug-likeness (QED) is 0.766. The van der Waals surface area contributed by atoms with Gasteiger partial charge in [0.1, 0.15) is 12.2 Å². The monoisotopic (exact) mass is 302 g/mol. The van der Waals surface area contributed by atoms with Crippen LogP contribution in [0, 0.1) is 0 Å². The summed E-state index contributed by atoms with van der Waals surface area (Å²) in [7, 11) is 0. The summed E-state index contributed by atoms with van der Waals surface area (Å²) in [6.07, 6.45) is 0. The topological polar surface area (TPSA) is 70.4 Å². The Balaban J connectivity index is 2.34. The molecule has 1 heterocycles. The first-order valence-corrected chi connectivity index (χ1v) is 7.11. The van der Waals surface area contributed by atoms with Gasteiger partial charge in [-0.05, 0) is 19.9 Å². The third-order valence-electron chi connectivity index (χ3n) is 2.92. The van der Waals surface area contributed by atoms with Crippen molar-refractivity contribution in [2.24, 2.45) is 0 Å². The van der Waals surface area contributed by atoms with Gasteiger partial charge in [0.2, 0.25) is 0 Å². The van der Waals surface area contributed by atoms with Crippen LogP contribution in [0.3, 0.4) is 0 Å². The van der Waals surface area contributed by atoms with Crippen LogP contribution >= 0.6 is 0 Å². The lowest BCUT2D eigenvalue weighted by Gasteiger charge is -2.06. The highest BCUT2D eigenvalue weighted by Gasteiger charge is 2.19. The van der Waals surface area contributed by atoms with Crippen LogP contribution in [0.5, 0.6) is 0 Å². The van der Waals surface area contributed by atoms with Crippen LogP contribution in [0.15, 0.2) is 36.4 Å². The Morgan fingerprint density at radius 1 is 1.09 bits per heavy atom. The van der Waals surface area contributed by atoms with Gasteiger partial charge >= 0.3 is 11.9 Å². The zero-order chi connectivity index (χ0) is 15.9. The number of aromatic nitrogens is 2. The fourth-order valence-electron chi connectivity index (χ4n) is 1.99. The summed E-state index contributed by atoms with van der Waals surface area (Å²) in [4.78, 5) is 23.7. The van der Waals surface area contributed by atoms with Gasteiger partial charge in [-0.2, -0.15) is 5.10 Å². The molecule has 0 aliphatic carbocycles. The van der Waals surface area contributed by atoms with Crippen molar-refractivity contribution in [3.8, 4) is 11.3 Å². The molecule has 0 amide bonds. The molecule has 0 radical (unpaired) electrons. The molecule has 0 spiro atoms. The van der Waals surface area contributed by atoms with Crippen molar-refractivity contribution in [2.45, 2.75) is 20.4 Å². The summed E-state index contributed by atoms with van der Waals surface area (Å²) >= 11 is 0. The maximum Gasteiger partial charge on any atom is 0.356 e. The molecule has 0 atom stereocenters. The molecule has 6 heteroatoms. The van der Waals surface area contributed by atoms with Crippen molar-refractivity contribution >= 4 is 11.9 Å². The number of nitrogens with zero attached hydrogens (tertiary/aromatic N) is 2. The molecule has 116 valence electrons. The Labute approximate surface area is 128 Å². The molecule has 0 saturated carbocycles. The molecule has 1 aromatic carbocycles. The van der Waals surface area contributed by atoms with Gasteiger partial charge in [-0.25, -0.2) is 9.48 Å². The van der Waals surface area contributed by atoms with Gasteiger partial charge < -0.3 is 9.47 Å². The van der Waals surface area contributed by atoms with Crippen LogP contribution in [0.25, 0.3) is 11.3 Å². The fraction of sp³-hybridized carbons (Fsp3) is 0.312. The molecule has 1 aromatic heterocycles. The molecule has 0 aliphatic heterocycles. The molecule has 0 aliphatic rings. The zero-order valence-electron chi connectivity index (χ0n) is 12.6. The summed E-state index contributed by atoms with van der Waals surface area (Å²) in [6.45, 7) is 3.85. The first-order chi connectivity index (χ1) is 10.7. The van der Waals surface area contributed by atoms with Crippen LogP contribution in [0.2, 0.25) is 0 Å². The first kappa shape index (κ1) is 15.8. The molecular formula is C16H18N2O4. The Hall–Kier alpha value is -2.63. The van der Waals surface area contributed by atoms with E-state index >= 15 is 0 Å². The number of carbonyl (C=O) groups excluding carboxylic acids is 2. The van der Waals surface area contributed by atoms with Gasteiger partial charge in [0.25, 0.3) is 0 Å².